The Labute approximate surface area is 118 Å². The molecule has 0 saturated carbocycles. The Morgan fingerprint density at radius 2 is 2.00 bits per heavy atom. The minimum atomic E-state index is -0.657. The molecule has 1 amide bonds. The molecule has 0 radical (unpaired) electrons. The molecule has 0 bridgehead atoms. The number of nitrogens with zero attached hydrogens (tertiary/aromatic N) is 1. The Bertz CT molecular complexity index is 525. The van der Waals surface area contributed by atoms with Gasteiger partial charge in [0.05, 0.1) is 12.5 Å². The van der Waals surface area contributed by atoms with E-state index in [1.54, 1.807) is 36.1 Å². The lowest BCUT2D eigenvalue weighted by molar-refractivity contribution is -0.151. The molecule has 20 heavy (non-hydrogen) atoms. The van der Waals surface area contributed by atoms with E-state index < -0.39 is 17.4 Å². The van der Waals surface area contributed by atoms with Gasteiger partial charge >= 0.3 is 5.97 Å². The van der Waals surface area contributed by atoms with Crippen molar-refractivity contribution in [3.63, 3.8) is 0 Å². The van der Waals surface area contributed by atoms with Crippen molar-refractivity contribution in [1.82, 2.24) is 4.90 Å². The largest absolute Gasteiger partial charge is 0.508 e. The second kappa shape index (κ2) is 5.15. The van der Waals surface area contributed by atoms with Gasteiger partial charge < -0.3 is 14.7 Å². The molecule has 1 saturated heterocycles. The van der Waals surface area contributed by atoms with E-state index in [1.807, 2.05) is 6.92 Å². The summed E-state index contributed by atoms with van der Waals surface area (Å²) < 4.78 is 4.70. The first-order valence-corrected chi connectivity index (χ1v) is 6.58. The second-order valence-corrected chi connectivity index (χ2v) is 5.33. The summed E-state index contributed by atoms with van der Waals surface area (Å²) in [5.74, 6) is -0.322. The lowest BCUT2D eigenvalue weighted by Gasteiger charge is -2.26. The van der Waals surface area contributed by atoms with Crippen molar-refractivity contribution in [2.45, 2.75) is 31.7 Å². The minimum absolute atomic E-state index is 0.0823. The van der Waals surface area contributed by atoms with E-state index >= 15 is 0 Å². The first-order valence-electron chi connectivity index (χ1n) is 6.58. The van der Waals surface area contributed by atoms with Gasteiger partial charge in [0.15, 0.2) is 0 Å². The number of amides is 1. The van der Waals surface area contributed by atoms with Gasteiger partial charge in [0.1, 0.15) is 11.8 Å². The van der Waals surface area contributed by atoms with Gasteiger partial charge in [-0.1, -0.05) is 12.1 Å². The molecule has 1 aromatic carbocycles. The third kappa shape index (κ3) is 2.24. The fourth-order valence-electron chi connectivity index (χ4n) is 2.63. The highest BCUT2D eigenvalue weighted by Crippen LogP contribution is 2.37. The minimum Gasteiger partial charge on any atom is -0.508 e. The molecular formula is C15H19NO4. The van der Waals surface area contributed by atoms with Crippen LogP contribution in [0.3, 0.4) is 0 Å². The molecule has 5 heteroatoms. The van der Waals surface area contributed by atoms with E-state index in [0.29, 0.717) is 13.0 Å². The van der Waals surface area contributed by atoms with E-state index in [1.165, 1.54) is 7.11 Å². The fraction of sp³-hybridized carbons (Fsp3) is 0.467. The number of likely N-dealkylation sites (tertiary alicyclic amines) is 1. The smallest absolute Gasteiger partial charge is 0.328 e. The normalized spacial score (nSPS) is 23.8. The Hall–Kier alpha value is -2.04. The first kappa shape index (κ1) is 14.4. The Morgan fingerprint density at radius 1 is 1.40 bits per heavy atom. The van der Waals surface area contributed by atoms with Crippen LogP contribution in [0.25, 0.3) is 0 Å². The lowest BCUT2D eigenvalue weighted by atomic mass is 9.81. The van der Waals surface area contributed by atoms with E-state index in [4.69, 9.17) is 4.74 Å². The highest BCUT2D eigenvalue weighted by molar-refractivity contribution is 5.93. The molecule has 1 aliphatic heterocycles. The number of methoxy groups -OCH3 is 1. The predicted molar refractivity (Wildman–Crippen MR) is 73.3 cm³/mol. The van der Waals surface area contributed by atoms with Crippen molar-refractivity contribution >= 4 is 11.9 Å². The quantitative estimate of drug-likeness (QED) is 0.849. The molecule has 1 N–H and O–H groups in total. The standard InChI is InChI=1S/C15H19NO4/c1-10(13(18)20-3)16-9-8-15(2,14(16)19)11-4-6-12(17)7-5-11/h4-7,10,17H,8-9H2,1-3H3/t10?,15-/m1/s1. The van der Waals surface area contributed by atoms with Gasteiger partial charge in [0, 0.05) is 6.54 Å². The summed E-state index contributed by atoms with van der Waals surface area (Å²) in [5, 5.41) is 9.34. The summed E-state index contributed by atoms with van der Waals surface area (Å²) >= 11 is 0. The van der Waals surface area contributed by atoms with Gasteiger partial charge in [0.2, 0.25) is 5.91 Å². The van der Waals surface area contributed by atoms with Crippen LogP contribution in [0.5, 0.6) is 5.75 Å². The van der Waals surface area contributed by atoms with Crippen molar-refractivity contribution in [2.24, 2.45) is 0 Å². The van der Waals surface area contributed by atoms with Crippen LogP contribution in [-0.4, -0.2) is 41.6 Å². The van der Waals surface area contributed by atoms with Crippen molar-refractivity contribution in [1.29, 1.82) is 0 Å². The Morgan fingerprint density at radius 3 is 2.55 bits per heavy atom. The van der Waals surface area contributed by atoms with Crippen molar-refractivity contribution in [3.05, 3.63) is 29.8 Å². The molecule has 1 aliphatic rings. The van der Waals surface area contributed by atoms with E-state index in [9.17, 15) is 14.7 Å². The number of ether oxygens (including phenoxy) is 1. The number of phenols is 1. The summed E-state index contributed by atoms with van der Waals surface area (Å²) in [5.41, 5.74) is 0.190. The number of carbonyl (C=O) groups excluding carboxylic acids is 2. The predicted octanol–water partition coefficient (Wildman–Crippen LogP) is 1.44. The number of aromatic hydroxyl groups is 1. The molecule has 0 aliphatic carbocycles. The summed E-state index contributed by atoms with van der Waals surface area (Å²) in [4.78, 5) is 25.8. The third-order valence-electron chi connectivity index (χ3n) is 4.10. The SMILES string of the molecule is COC(=O)C(C)N1CC[C@](C)(c2ccc(O)cc2)C1=O. The molecular weight excluding hydrogens is 258 g/mol. The number of hydrogen-bond donors (Lipinski definition) is 1. The van der Waals surface area contributed by atoms with Gasteiger partial charge in [-0.2, -0.15) is 0 Å². The molecule has 0 spiro atoms. The summed E-state index contributed by atoms with van der Waals surface area (Å²) in [6.45, 7) is 4.06. The zero-order valence-electron chi connectivity index (χ0n) is 11.9. The number of hydrogen-bond acceptors (Lipinski definition) is 4. The van der Waals surface area contributed by atoms with Crippen molar-refractivity contribution < 1.29 is 19.4 Å². The summed E-state index contributed by atoms with van der Waals surface area (Å²) in [6, 6.07) is 6.06. The van der Waals surface area contributed by atoms with Crippen LogP contribution >= 0.6 is 0 Å². The van der Waals surface area contributed by atoms with Crippen LogP contribution in [-0.2, 0) is 19.7 Å². The summed E-state index contributed by atoms with van der Waals surface area (Å²) in [7, 11) is 1.32. The average Bonchev–Trinajstić information content (AvgIpc) is 2.75. The molecule has 2 rings (SSSR count). The number of benzene rings is 1. The molecule has 1 aromatic rings. The molecule has 1 fully saturated rings. The molecule has 5 nitrogen and oxygen atoms in total. The fourth-order valence-corrected chi connectivity index (χ4v) is 2.63. The molecule has 1 heterocycles. The monoisotopic (exact) mass is 277 g/mol. The molecule has 2 atom stereocenters. The molecule has 108 valence electrons. The van der Waals surface area contributed by atoms with Gasteiger partial charge in [-0.3, -0.25) is 4.79 Å². The maximum Gasteiger partial charge on any atom is 0.328 e. The van der Waals surface area contributed by atoms with Gasteiger partial charge in [0.25, 0.3) is 0 Å². The van der Waals surface area contributed by atoms with Crippen molar-refractivity contribution in [2.75, 3.05) is 13.7 Å². The maximum absolute atomic E-state index is 12.6. The highest BCUT2D eigenvalue weighted by Gasteiger charge is 2.46. The second-order valence-electron chi connectivity index (χ2n) is 5.33. The number of rotatable bonds is 3. The maximum atomic E-state index is 12.6. The van der Waals surface area contributed by atoms with Gasteiger partial charge in [-0.25, -0.2) is 4.79 Å². The number of phenolic OH excluding ortho intramolecular Hbond substituents is 1. The van der Waals surface area contributed by atoms with Crippen LogP contribution in [0.2, 0.25) is 0 Å². The molecule has 0 aromatic heterocycles. The average molecular weight is 277 g/mol. The van der Waals surface area contributed by atoms with Gasteiger partial charge in [-0.15, -0.1) is 0 Å². The summed E-state index contributed by atoms with van der Waals surface area (Å²) in [6.07, 6.45) is 0.637. The van der Waals surface area contributed by atoms with Crippen LogP contribution in [0.4, 0.5) is 0 Å². The highest BCUT2D eigenvalue weighted by atomic mass is 16.5. The number of esters is 1. The van der Waals surface area contributed by atoms with Gasteiger partial charge in [-0.05, 0) is 38.0 Å². The zero-order chi connectivity index (χ0) is 14.9. The molecule has 1 unspecified atom stereocenters. The van der Waals surface area contributed by atoms with E-state index in [0.717, 1.165) is 5.56 Å². The van der Waals surface area contributed by atoms with Crippen LogP contribution in [0.1, 0.15) is 25.8 Å². The van der Waals surface area contributed by atoms with Crippen LogP contribution in [0, 0.1) is 0 Å². The number of carbonyl (C=O) groups is 2. The third-order valence-corrected chi connectivity index (χ3v) is 4.10. The lowest BCUT2D eigenvalue weighted by Crippen LogP contribution is -2.44. The van der Waals surface area contributed by atoms with E-state index in [2.05, 4.69) is 0 Å². The Balaban J connectivity index is 2.26. The first-order chi connectivity index (χ1) is 9.40. The Kier molecular flexibility index (Phi) is 3.70. The van der Waals surface area contributed by atoms with E-state index in [-0.39, 0.29) is 11.7 Å². The topological polar surface area (TPSA) is 66.8 Å². The van der Waals surface area contributed by atoms with Crippen LogP contribution < -0.4 is 0 Å². The zero-order valence-corrected chi connectivity index (χ0v) is 11.9. The van der Waals surface area contributed by atoms with Crippen molar-refractivity contribution in [3.8, 4) is 5.75 Å². The van der Waals surface area contributed by atoms with Crippen LogP contribution in [0.15, 0.2) is 24.3 Å².